The Balaban J connectivity index is 1.47. The van der Waals surface area contributed by atoms with E-state index in [1.807, 2.05) is 48.6 Å². The molecule has 3 aromatic rings. The van der Waals surface area contributed by atoms with Gasteiger partial charge in [-0.05, 0) is 53.7 Å². The molecular formula is C39H34N2O8. The van der Waals surface area contributed by atoms with Crippen LogP contribution >= 0.6 is 0 Å². The number of hydrogen-bond donors (Lipinski definition) is 2. The fraction of sp³-hybridized carbons (Fsp3) is 0.256. The molecule has 4 aliphatic rings. The van der Waals surface area contributed by atoms with Gasteiger partial charge in [0.15, 0.2) is 23.1 Å². The summed E-state index contributed by atoms with van der Waals surface area (Å²) in [4.78, 5) is 69.7. The molecule has 49 heavy (non-hydrogen) atoms. The van der Waals surface area contributed by atoms with Gasteiger partial charge >= 0.3 is 6.03 Å². The number of rotatable bonds is 6. The number of carbonyl (C=O) groups excluding carboxylic acids is 5. The minimum absolute atomic E-state index is 0.105. The van der Waals surface area contributed by atoms with Crippen molar-refractivity contribution >= 4 is 41.1 Å². The van der Waals surface area contributed by atoms with E-state index < -0.39 is 52.8 Å². The highest BCUT2D eigenvalue weighted by molar-refractivity contribution is 6.31. The number of methoxy groups -OCH3 is 2. The van der Waals surface area contributed by atoms with E-state index in [9.17, 15) is 29.1 Å². The Morgan fingerprint density at radius 3 is 2.16 bits per heavy atom. The van der Waals surface area contributed by atoms with Crippen LogP contribution in [0.1, 0.15) is 29.5 Å². The van der Waals surface area contributed by atoms with Crippen LogP contribution in [0, 0.1) is 29.6 Å². The van der Waals surface area contributed by atoms with Crippen molar-refractivity contribution in [3.63, 3.8) is 0 Å². The number of phenolic OH excluding ortho intramolecular Hbond substituents is 1. The zero-order valence-corrected chi connectivity index (χ0v) is 26.9. The number of carbonyl (C=O) groups is 5. The average molecular weight is 659 g/mol. The second kappa shape index (κ2) is 12.0. The maximum atomic E-state index is 15.0. The molecule has 0 radical (unpaired) electrons. The number of likely N-dealkylation sites (tertiary alicyclic amines) is 1. The van der Waals surface area contributed by atoms with Gasteiger partial charge in [0.25, 0.3) is 0 Å². The Bertz CT molecular complexity index is 1970. The minimum Gasteiger partial charge on any atom is -0.502 e. The summed E-state index contributed by atoms with van der Waals surface area (Å²) in [6, 6.07) is 20.3. The molecule has 10 heteroatoms. The smallest absolute Gasteiger partial charge is 0.328 e. The maximum Gasteiger partial charge on any atom is 0.328 e. The van der Waals surface area contributed by atoms with Gasteiger partial charge in [-0.1, -0.05) is 84.5 Å². The molecule has 3 N–H and O–H groups in total. The number of fused-ring (bicyclic) bond motifs is 4. The second-order valence-electron chi connectivity index (χ2n) is 12.8. The summed E-state index contributed by atoms with van der Waals surface area (Å²) in [6.07, 6.45) is 7.23. The van der Waals surface area contributed by atoms with Gasteiger partial charge in [0.05, 0.1) is 31.5 Å². The van der Waals surface area contributed by atoms with E-state index >= 15 is 0 Å². The molecule has 0 aromatic heterocycles. The zero-order chi connectivity index (χ0) is 34.6. The lowest BCUT2D eigenvalue weighted by Gasteiger charge is -2.54. The lowest BCUT2D eigenvalue weighted by molar-refractivity contribution is -0.137. The van der Waals surface area contributed by atoms with Crippen molar-refractivity contribution in [2.45, 2.75) is 18.3 Å². The van der Waals surface area contributed by atoms with Crippen molar-refractivity contribution < 1.29 is 38.6 Å². The number of ether oxygens (including phenoxy) is 2. The highest BCUT2D eigenvalue weighted by Crippen LogP contribution is 2.61. The van der Waals surface area contributed by atoms with E-state index in [2.05, 4.69) is 0 Å². The molecule has 248 valence electrons. The second-order valence-corrected chi connectivity index (χ2v) is 12.8. The minimum atomic E-state index is -1.40. The molecule has 1 saturated carbocycles. The molecule has 0 spiro atoms. The number of amides is 4. The van der Waals surface area contributed by atoms with Crippen molar-refractivity contribution in [3.8, 4) is 17.2 Å². The number of nitrogens with zero attached hydrogens (tertiary/aromatic N) is 1. The van der Waals surface area contributed by atoms with Gasteiger partial charge in [0.2, 0.25) is 17.6 Å². The van der Waals surface area contributed by atoms with Crippen LogP contribution in [-0.2, 0) is 24.6 Å². The number of benzene rings is 3. The van der Waals surface area contributed by atoms with Crippen molar-refractivity contribution in [3.05, 3.63) is 113 Å². The Labute approximate surface area is 282 Å². The number of allylic oxidation sites excluding steroid dienone is 5. The third-order valence-electron chi connectivity index (χ3n) is 10.6. The molecule has 7 rings (SSSR count). The van der Waals surface area contributed by atoms with Gasteiger partial charge in [-0.25, -0.2) is 4.79 Å². The number of aromatic hydroxyl groups is 1. The summed E-state index contributed by atoms with van der Waals surface area (Å²) < 4.78 is 10.7. The number of urea groups is 1. The summed E-state index contributed by atoms with van der Waals surface area (Å²) in [5, 5.41) is 10.5. The van der Waals surface area contributed by atoms with Gasteiger partial charge in [0, 0.05) is 17.4 Å². The van der Waals surface area contributed by atoms with Gasteiger partial charge in [0.1, 0.15) is 0 Å². The summed E-state index contributed by atoms with van der Waals surface area (Å²) in [7, 11) is 2.84. The highest BCUT2D eigenvalue weighted by Gasteiger charge is 2.65. The Kier molecular flexibility index (Phi) is 7.81. The number of hydrogen-bond acceptors (Lipinski definition) is 8. The van der Waals surface area contributed by atoms with Crippen molar-refractivity contribution in [2.75, 3.05) is 14.2 Å². The molecule has 0 unspecified atom stereocenters. The fourth-order valence-electron chi connectivity index (χ4n) is 8.56. The molecule has 0 bridgehead atoms. The highest BCUT2D eigenvalue weighted by atomic mass is 16.5. The molecular weight excluding hydrogens is 624 g/mol. The number of imide groups is 3. The third kappa shape index (κ3) is 4.73. The number of phenols is 1. The van der Waals surface area contributed by atoms with E-state index in [-0.39, 0.29) is 47.2 Å². The third-order valence-corrected chi connectivity index (χ3v) is 10.6. The number of ketones is 2. The molecule has 2 fully saturated rings. The van der Waals surface area contributed by atoms with E-state index in [0.717, 1.165) is 5.57 Å². The first-order valence-electron chi connectivity index (χ1n) is 16.0. The first kappa shape index (κ1) is 31.8. The monoisotopic (exact) mass is 658 g/mol. The lowest BCUT2D eigenvalue weighted by Crippen LogP contribution is -2.59. The van der Waals surface area contributed by atoms with Gasteiger partial charge in [-0.2, -0.15) is 4.90 Å². The van der Waals surface area contributed by atoms with Crippen LogP contribution in [0.25, 0.3) is 11.6 Å². The van der Waals surface area contributed by atoms with Crippen LogP contribution < -0.4 is 15.2 Å². The normalized spacial score (nSPS) is 27.6. The molecule has 10 nitrogen and oxygen atoms in total. The summed E-state index contributed by atoms with van der Waals surface area (Å²) >= 11 is 0. The summed E-state index contributed by atoms with van der Waals surface area (Å²) in [5.74, 6) is -5.69. The van der Waals surface area contributed by atoms with Crippen LogP contribution in [0.2, 0.25) is 0 Å². The SMILES string of the molecule is COc1cc(C=C[C@H]2C3=CC[C@@H]4C(=O)N(C(N)=O)C(=O)[C@@H]4[C@@H]3C[C@H]3C(=O)C(c4ccccc4)=CC(=O)[C@@]23c2ccccc2)cc(OC)c1O. The fourth-order valence-corrected chi connectivity index (χ4v) is 8.56. The molecule has 1 aliphatic heterocycles. The van der Waals surface area contributed by atoms with Crippen LogP contribution in [0.5, 0.6) is 17.2 Å². The first-order chi connectivity index (χ1) is 23.6. The molecule has 6 atom stereocenters. The summed E-state index contributed by atoms with van der Waals surface area (Å²) in [6.45, 7) is 0. The molecule has 1 saturated heterocycles. The van der Waals surface area contributed by atoms with Crippen molar-refractivity contribution in [1.82, 2.24) is 4.90 Å². The number of primary amides is 1. The topological polar surface area (TPSA) is 153 Å². The maximum absolute atomic E-state index is 15.0. The standard InChI is InChI=1S/C39H34N2O8/c1-48-30-17-21(18-31(49-2)35(30)44)13-16-28-24-14-15-25-33(37(46)41(36(25)45)38(40)47)27(24)19-29-34(43)26(22-9-5-3-6-10-22)20-32(42)39(28,29)23-11-7-4-8-12-23/h3-14,16-18,20,25,27-29,33,44H,15,19H2,1-2H3,(H2,40,47)/t25-,27+,28-,29-,33-,39-/m0/s1. The number of nitrogens with two attached hydrogens (primary N) is 1. The molecule has 3 aromatic carbocycles. The van der Waals surface area contributed by atoms with E-state index in [4.69, 9.17) is 15.2 Å². The van der Waals surface area contributed by atoms with Gasteiger partial charge in [-0.3, -0.25) is 19.2 Å². The van der Waals surface area contributed by atoms with Crippen LogP contribution in [0.3, 0.4) is 0 Å². The summed E-state index contributed by atoms with van der Waals surface area (Å²) in [5.41, 5.74) is 6.95. The van der Waals surface area contributed by atoms with Crippen LogP contribution in [0.15, 0.2) is 96.6 Å². The predicted octanol–water partition coefficient (Wildman–Crippen LogP) is 4.86. The Morgan fingerprint density at radius 1 is 0.918 bits per heavy atom. The van der Waals surface area contributed by atoms with Crippen LogP contribution in [0.4, 0.5) is 4.79 Å². The zero-order valence-electron chi connectivity index (χ0n) is 26.9. The van der Waals surface area contributed by atoms with E-state index in [0.29, 0.717) is 21.6 Å². The predicted molar refractivity (Wildman–Crippen MR) is 179 cm³/mol. The molecule has 1 heterocycles. The van der Waals surface area contributed by atoms with Crippen molar-refractivity contribution in [1.29, 1.82) is 0 Å². The Morgan fingerprint density at radius 2 is 1.55 bits per heavy atom. The van der Waals surface area contributed by atoms with Crippen LogP contribution in [-0.4, -0.2) is 53.6 Å². The molecule has 3 aliphatic carbocycles. The average Bonchev–Trinajstić information content (AvgIpc) is 3.38. The lowest BCUT2D eigenvalue weighted by atomic mass is 9.45. The quantitative estimate of drug-likeness (QED) is 0.281. The Hall–Kier alpha value is -5.77. The largest absolute Gasteiger partial charge is 0.502 e. The molecule has 4 amide bonds. The van der Waals surface area contributed by atoms with Gasteiger partial charge in [-0.15, -0.1) is 0 Å². The van der Waals surface area contributed by atoms with Crippen molar-refractivity contribution in [2.24, 2.45) is 35.3 Å². The van der Waals surface area contributed by atoms with Gasteiger partial charge < -0.3 is 20.3 Å². The van der Waals surface area contributed by atoms with E-state index in [1.54, 1.807) is 42.5 Å². The first-order valence-corrected chi connectivity index (χ1v) is 16.0. The van der Waals surface area contributed by atoms with E-state index in [1.165, 1.54) is 20.3 Å². The number of Topliss-reactive ketones (excluding diaryl/α,β-unsaturated/α-hetero) is 1.